The fourth-order valence-corrected chi connectivity index (χ4v) is 3.49. The van der Waals surface area contributed by atoms with E-state index in [9.17, 15) is 9.59 Å². The van der Waals surface area contributed by atoms with Gasteiger partial charge >= 0.3 is 6.03 Å². The molecule has 2 heterocycles. The lowest BCUT2D eigenvalue weighted by Crippen LogP contribution is -2.50. The second kappa shape index (κ2) is 8.41. The third kappa shape index (κ3) is 4.23. The van der Waals surface area contributed by atoms with Crippen molar-refractivity contribution in [3.05, 3.63) is 34.6 Å². The van der Waals surface area contributed by atoms with Crippen LogP contribution in [0.2, 0.25) is 0 Å². The predicted octanol–water partition coefficient (Wildman–Crippen LogP) is 2.48. The molecule has 1 aromatic carbocycles. The maximum absolute atomic E-state index is 12.9. The quantitative estimate of drug-likeness (QED) is 0.846. The number of fused-ring (bicyclic) bond motifs is 1. The maximum Gasteiger partial charge on any atom is 0.315 e. The highest BCUT2D eigenvalue weighted by Crippen LogP contribution is 2.18. The number of piperidine rings is 1. The van der Waals surface area contributed by atoms with Crippen LogP contribution in [-0.4, -0.2) is 40.8 Å². The van der Waals surface area contributed by atoms with Gasteiger partial charge < -0.3 is 20.1 Å². The molecule has 1 aromatic heterocycles. The SMILES string of the molecule is CC[C@H](C)NC(=O)NC1CCN(c2nc3ccccc3n(CC)c2=O)CC1. The summed E-state index contributed by atoms with van der Waals surface area (Å²) in [5.41, 5.74) is 1.66. The molecule has 0 saturated carbocycles. The number of anilines is 1. The third-order valence-corrected chi connectivity index (χ3v) is 5.27. The third-order valence-electron chi connectivity index (χ3n) is 5.27. The number of benzene rings is 1. The molecule has 2 N–H and O–H groups in total. The van der Waals surface area contributed by atoms with Gasteiger partial charge in [0, 0.05) is 31.7 Å². The zero-order valence-corrected chi connectivity index (χ0v) is 16.4. The number of amides is 2. The van der Waals surface area contributed by atoms with Gasteiger partial charge in [-0.2, -0.15) is 0 Å². The number of aromatic nitrogens is 2. The van der Waals surface area contributed by atoms with Crippen molar-refractivity contribution < 1.29 is 4.79 Å². The van der Waals surface area contributed by atoms with Crippen LogP contribution in [0.3, 0.4) is 0 Å². The molecule has 7 heteroatoms. The van der Waals surface area contributed by atoms with Crippen molar-refractivity contribution >= 4 is 22.9 Å². The van der Waals surface area contributed by atoms with E-state index in [1.807, 2.05) is 49.9 Å². The Labute approximate surface area is 159 Å². The van der Waals surface area contributed by atoms with Crippen molar-refractivity contribution in [2.45, 2.75) is 58.7 Å². The van der Waals surface area contributed by atoms with Gasteiger partial charge in [-0.3, -0.25) is 4.79 Å². The number of rotatable bonds is 5. The molecule has 1 saturated heterocycles. The van der Waals surface area contributed by atoms with Crippen LogP contribution >= 0.6 is 0 Å². The summed E-state index contributed by atoms with van der Waals surface area (Å²) in [6.07, 6.45) is 2.51. The summed E-state index contributed by atoms with van der Waals surface area (Å²) in [6.45, 7) is 8.04. The average Bonchev–Trinajstić information content (AvgIpc) is 2.68. The number of para-hydroxylation sites is 2. The topological polar surface area (TPSA) is 79.3 Å². The first kappa shape index (κ1) is 19.2. The van der Waals surface area contributed by atoms with Crippen molar-refractivity contribution in [1.82, 2.24) is 20.2 Å². The predicted molar refractivity (Wildman–Crippen MR) is 108 cm³/mol. The molecule has 1 aliphatic heterocycles. The second-order valence-corrected chi connectivity index (χ2v) is 7.16. The zero-order valence-electron chi connectivity index (χ0n) is 16.4. The summed E-state index contributed by atoms with van der Waals surface area (Å²) in [5.74, 6) is 0.512. The molecule has 7 nitrogen and oxygen atoms in total. The monoisotopic (exact) mass is 371 g/mol. The van der Waals surface area contributed by atoms with E-state index in [0.29, 0.717) is 25.5 Å². The minimum absolute atomic E-state index is 0.0443. The van der Waals surface area contributed by atoms with Gasteiger partial charge in [0.2, 0.25) is 0 Å². The van der Waals surface area contributed by atoms with E-state index in [1.165, 1.54) is 0 Å². The molecule has 1 aliphatic rings. The van der Waals surface area contributed by atoms with E-state index < -0.39 is 0 Å². The van der Waals surface area contributed by atoms with Crippen LogP contribution in [-0.2, 0) is 6.54 Å². The molecular formula is C20H29N5O2. The summed E-state index contributed by atoms with van der Waals surface area (Å²) in [4.78, 5) is 31.6. The Hall–Kier alpha value is -2.57. The number of carbonyl (C=O) groups is 1. The Morgan fingerprint density at radius 1 is 1.26 bits per heavy atom. The van der Waals surface area contributed by atoms with Crippen LogP contribution in [0.25, 0.3) is 11.0 Å². The first-order valence-corrected chi connectivity index (χ1v) is 9.85. The van der Waals surface area contributed by atoms with Crippen molar-refractivity contribution in [3.63, 3.8) is 0 Å². The molecule has 146 valence electrons. The van der Waals surface area contributed by atoms with Gasteiger partial charge in [-0.25, -0.2) is 9.78 Å². The summed E-state index contributed by atoms with van der Waals surface area (Å²) in [5, 5.41) is 5.98. The first-order chi connectivity index (χ1) is 13.0. The van der Waals surface area contributed by atoms with Gasteiger partial charge in [-0.05, 0) is 45.2 Å². The molecule has 0 aliphatic carbocycles. The number of nitrogens with one attached hydrogen (secondary N) is 2. The van der Waals surface area contributed by atoms with Crippen molar-refractivity contribution in [2.24, 2.45) is 0 Å². The Bertz CT molecular complexity index is 855. The molecule has 27 heavy (non-hydrogen) atoms. The minimum atomic E-state index is -0.111. The van der Waals surface area contributed by atoms with Crippen LogP contribution in [0.15, 0.2) is 29.1 Å². The Kier molecular flexibility index (Phi) is 5.98. The minimum Gasteiger partial charge on any atom is -0.352 e. The summed E-state index contributed by atoms with van der Waals surface area (Å²) in [6, 6.07) is 7.92. The van der Waals surface area contributed by atoms with Gasteiger partial charge in [0.05, 0.1) is 11.0 Å². The molecule has 1 fully saturated rings. The molecule has 0 spiro atoms. The van der Waals surface area contributed by atoms with E-state index in [2.05, 4.69) is 15.6 Å². The highest BCUT2D eigenvalue weighted by Gasteiger charge is 2.24. The van der Waals surface area contributed by atoms with E-state index >= 15 is 0 Å². The van der Waals surface area contributed by atoms with Crippen LogP contribution < -0.4 is 21.1 Å². The van der Waals surface area contributed by atoms with Crippen LogP contribution in [0, 0.1) is 0 Å². The number of aryl methyl sites for hydroxylation is 1. The molecular weight excluding hydrogens is 342 g/mol. The molecule has 2 aromatic rings. The van der Waals surface area contributed by atoms with Gasteiger partial charge in [0.1, 0.15) is 0 Å². The van der Waals surface area contributed by atoms with Gasteiger partial charge in [-0.15, -0.1) is 0 Å². The molecule has 0 radical (unpaired) electrons. The summed E-state index contributed by atoms with van der Waals surface area (Å²) < 4.78 is 1.78. The summed E-state index contributed by atoms with van der Waals surface area (Å²) in [7, 11) is 0. The molecule has 0 bridgehead atoms. The van der Waals surface area contributed by atoms with Crippen LogP contribution in [0.1, 0.15) is 40.0 Å². The zero-order chi connectivity index (χ0) is 19.4. The maximum atomic E-state index is 12.9. The van der Waals surface area contributed by atoms with Gasteiger partial charge in [-0.1, -0.05) is 19.1 Å². The standard InChI is InChI=1S/C20H29N5O2/c1-4-14(3)21-20(27)22-15-10-12-24(13-11-15)18-19(26)25(5-2)17-9-7-6-8-16(17)23-18/h6-9,14-15H,4-5,10-13H2,1-3H3,(H2,21,22,27)/t14-/m0/s1. The highest BCUT2D eigenvalue weighted by atomic mass is 16.2. The normalized spacial score (nSPS) is 16.3. The fraction of sp³-hybridized carbons (Fsp3) is 0.550. The largest absolute Gasteiger partial charge is 0.352 e. The van der Waals surface area contributed by atoms with Gasteiger partial charge in [0.25, 0.3) is 5.56 Å². The Morgan fingerprint density at radius 3 is 2.63 bits per heavy atom. The molecule has 0 unspecified atom stereocenters. The second-order valence-electron chi connectivity index (χ2n) is 7.16. The van der Waals surface area contributed by atoms with Crippen molar-refractivity contribution in [3.8, 4) is 0 Å². The van der Waals surface area contributed by atoms with E-state index in [-0.39, 0.29) is 23.7 Å². The Morgan fingerprint density at radius 2 is 1.96 bits per heavy atom. The first-order valence-electron chi connectivity index (χ1n) is 9.85. The van der Waals surface area contributed by atoms with Crippen LogP contribution in [0.4, 0.5) is 10.6 Å². The van der Waals surface area contributed by atoms with Gasteiger partial charge in [0.15, 0.2) is 5.82 Å². The lowest BCUT2D eigenvalue weighted by Gasteiger charge is -2.33. The lowest BCUT2D eigenvalue weighted by molar-refractivity contribution is 0.231. The fourth-order valence-electron chi connectivity index (χ4n) is 3.49. The van der Waals surface area contributed by atoms with Crippen molar-refractivity contribution in [1.29, 1.82) is 0 Å². The summed E-state index contributed by atoms with van der Waals surface area (Å²) >= 11 is 0. The van der Waals surface area contributed by atoms with E-state index in [4.69, 9.17) is 0 Å². The molecule has 3 rings (SSSR count). The highest BCUT2D eigenvalue weighted by molar-refractivity contribution is 5.76. The van der Waals surface area contributed by atoms with Crippen LogP contribution in [0.5, 0.6) is 0 Å². The number of urea groups is 1. The van der Waals surface area contributed by atoms with Crippen molar-refractivity contribution in [2.75, 3.05) is 18.0 Å². The van der Waals surface area contributed by atoms with E-state index in [0.717, 1.165) is 30.3 Å². The molecule has 1 atom stereocenters. The smallest absolute Gasteiger partial charge is 0.315 e. The Balaban J connectivity index is 1.70. The number of hydrogen-bond donors (Lipinski definition) is 2. The number of carbonyl (C=O) groups excluding carboxylic acids is 1. The lowest BCUT2D eigenvalue weighted by atomic mass is 10.1. The molecule has 2 amide bonds. The number of hydrogen-bond acceptors (Lipinski definition) is 4. The average molecular weight is 371 g/mol. The number of nitrogens with zero attached hydrogens (tertiary/aromatic N) is 3. The van der Waals surface area contributed by atoms with E-state index in [1.54, 1.807) is 4.57 Å².